The van der Waals surface area contributed by atoms with Crippen molar-refractivity contribution < 1.29 is 28.2 Å². The summed E-state index contributed by atoms with van der Waals surface area (Å²) in [6.45, 7) is 3.65. The molecule has 1 aromatic heterocycles. The maximum Gasteiger partial charge on any atom is 0.270 e. The van der Waals surface area contributed by atoms with Crippen molar-refractivity contribution in [2.75, 3.05) is 18.1 Å². The van der Waals surface area contributed by atoms with Gasteiger partial charge in [0.2, 0.25) is 0 Å². The Morgan fingerprint density at radius 1 is 1.26 bits per heavy atom. The van der Waals surface area contributed by atoms with Crippen molar-refractivity contribution in [1.82, 2.24) is 10.3 Å². The van der Waals surface area contributed by atoms with Crippen LogP contribution in [0.5, 0.6) is 11.5 Å². The third kappa shape index (κ3) is 5.83. The van der Waals surface area contributed by atoms with Gasteiger partial charge < -0.3 is 14.8 Å². The van der Waals surface area contributed by atoms with Gasteiger partial charge in [-0.05, 0) is 55.8 Å². The zero-order valence-electron chi connectivity index (χ0n) is 19.2. The van der Waals surface area contributed by atoms with E-state index in [9.17, 15) is 18.8 Å². The molecule has 2 amide bonds. The third-order valence-corrected chi connectivity index (χ3v) is 6.31. The summed E-state index contributed by atoms with van der Waals surface area (Å²) >= 11 is 1.28. The highest BCUT2D eigenvalue weighted by atomic mass is 32.1. The summed E-state index contributed by atoms with van der Waals surface area (Å²) < 4.78 is 24.0. The molecule has 35 heavy (non-hydrogen) atoms. The van der Waals surface area contributed by atoms with Gasteiger partial charge in [0.25, 0.3) is 11.8 Å². The smallest absolute Gasteiger partial charge is 0.270 e. The van der Waals surface area contributed by atoms with Crippen molar-refractivity contribution in [1.29, 1.82) is 0 Å². The maximum atomic E-state index is 13.1. The van der Waals surface area contributed by atoms with Crippen molar-refractivity contribution in [3.05, 3.63) is 69.9 Å². The largest absolute Gasteiger partial charge is 0.485 e. The summed E-state index contributed by atoms with van der Waals surface area (Å²) in [4.78, 5) is 43.6. The van der Waals surface area contributed by atoms with Gasteiger partial charge in [0.05, 0.1) is 12.2 Å². The fraction of sp³-hybridized carbons (Fsp3) is 0.280. The molecule has 1 aliphatic rings. The predicted octanol–water partition coefficient (Wildman–Crippen LogP) is 4.00. The molecule has 1 N–H and O–H groups in total. The van der Waals surface area contributed by atoms with Gasteiger partial charge in [-0.15, -0.1) is 11.3 Å². The molecule has 0 fully saturated rings. The summed E-state index contributed by atoms with van der Waals surface area (Å²) in [6, 6.07) is 10.2. The van der Waals surface area contributed by atoms with Gasteiger partial charge in [-0.1, -0.05) is 6.92 Å². The highest BCUT2D eigenvalue weighted by molar-refractivity contribution is 7.09. The number of hydrogen-bond donors (Lipinski definition) is 1. The van der Waals surface area contributed by atoms with Crippen LogP contribution in [0.3, 0.4) is 0 Å². The Bertz CT molecular complexity index is 1240. The number of Topliss-reactive ketones (excluding diaryl/α,β-unsaturated/α-hetero) is 1. The van der Waals surface area contributed by atoms with Crippen LogP contribution in [0.15, 0.2) is 47.8 Å². The van der Waals surface area contributed by atoms with E-state index in [2.05, 4.69) is 10.3 Å². The number of hydrogen-bond acceptors (Lipinski definition) is 7. The molecule has 10 heteroatoms. The summed E-state index contributed by atoms with van der Waals surface area (Å²) in [7, 11) is 0. The second-order valence-electron chi connectivity index (χ2n) is 8.03. The molecule has 0 radical (unpaired) electrons. The highest BCUT2D eigenvalue weighted by Crippen LogP contribution is 2.34. The molecule has 0 bridgehead atoms. The minimum Gasteiger partial charge on any atom is -0.485 e. The third-order valence-electron chi connectivity index (χ3n) is 5.48. The van der Waals surface area contributed by atoms with Crippen LogP contribution in [0.2, 0.25) is 0 Å². The molecule has 8 nitrogen and oxygen atoms in total. The van der Waals surface area contributed by atoms with Crippen LogP contribution < -0.4 is 19.7 Å². The number of carbonyl (C=O) groups excluding carboxylic acids is 3. The number of aromatic nitrogens is 1. The van der Waals surface area contributed by atoms with E-state index in [-0.39, 0.29) is 43.4 Å². The molecule has 1 atom stereocenters. The Labute approximate surface area is 205 Å². The number of nitrogens with zero attached hydrogens (tertiary/aromatic N) is 2. The number of fused-ring (bicyclic) bond motifs is 1. The van der Waals surface area contributed by atoms with E-state index in [0.717, 1.165) is 6.42 Å². The van der Waals surface area contributed by atoms with Crippen LogP contribution in [0.4, 0.5) is 10.1 Å². The van der Waals surface area contributed by atoms with Crippen LogP contribution >= 0.6 is 11.3 Å². The molecule has 182 valence electrons. The number of ketones is 1. The number of thiazole rings is 1. The van der Waals surface area contributed by atoms with Gasteiger partial charge in [0.1, 0.15) is 28.0 Å². The van der Waals surface area contributed by atoms with E-state index in [1.807, 2.05) is 13.8 Å². The number of nitrogens with one attached hydrogen (secondary N) is 1. The zero-order chi connectivity index (χ0) is 24.9. The zero-order valence-corrected chi connectivity index (χ0v) is 20.1. The summed E-state index contributed by atoms with van der Waals surface area (Å²) in [6.07, 6.45) is 0.803. The molecule has 4 rings (SSSR count). The van der Waals surface area contributed by atoms with Crippen molar-refractivity contribution in [2.45, 2.75) is 32.9 Å². The van der Waals surface area contributed by atoms with Crippen molar-refractivity contribution in [3.8, 4) is 11.5 Å². The molecular formula is C25H24FN3O5S. The van der Waals surface area contributed by atoms with Crippen molar-refractivity contribution >= 4 is 34.6 Å². The van der Waals surface area contributed by atoms with E-state index in [4.69, 9.17) is 9.47 Å². The SMILES string of the molecule is CCC(C)NC(=O)c1csc(CN2C(=O)COc3ccc(C(=O)COc4ccc(F)cc4)cc32)n1. The summed E-state index contributed by atoms with van der Waals surface area (Å²) in [5.41, 5.74) is 1.07. The first kappa shape index (κ1) is 24.3. The lowest BCUT2D eigenvalue weighted by Gasteiger charge is -2.29. The van der Waals surface area contributed by atoms with E-state index in [1.54, 1.807) is 23.6 Å². The molecule has 2 aromatic carbocycles. The number of halogens is 1. The van der Waals surface area contributed by atoms with Crippen LogP contribution in [0.1, 0.15) is 46.1 Å². The molecule has 0 saturated carbocycles. The molecule has 0 saturated heterocycles. The average Bonchev–Trinajstić information content (AvgIpc) is 3.33. The number of rotatable bonds is 9. The first-order chi connectivity index (χ1) is 16.8. The number of amides is 2. The Morgan fingerprint density at radius 2 is 2.03 bits per heavy atom. The predicted molar refractivity (Wildman–Crippen MR) is 129 cm³/mol. The topological polar surface area (TPSA) is 97.8 Å². The fourth-order valence-electron chi connectivity index (χ4n) is 3.33. The summed E-state index contributed by atoms with van der Waals surface area (Å²) in [5.74, 6) is -0.420. The Hall–Kier alpha value is -3.79. The van der Waals surface area contributed by atoms with E-state index < -0.39 is 5.82 Å². The quantitative estimate of drug-likeness (QED) is 0.449. The molecule has 2 heterocycles. The van der Waals surface area contributed by atoms with E-state index in [1.165, 1.54) is 40.5 Å². The first-order valence-electron chi connectivity index (χ1n) is 11.1. The standard InChI is InChI=1S/C25H24FN3O5S/c1-3-15(2)27-25(32)19-14-35-23(28-19)11-29-20-10-16(4-9-22(20)34-13-24(29)31)21(30)12-33-18-7-5-17(26)6-8-18/h4-10,14-15H,3,11-13H2,1-2H3,(H,27,32). The lowest BCUT2D eigenvalue weighted by atomic mass is 10.1. The van der Waals surface area contributed by atoms with Gasteiger partial charge in [0.15, 0.2) is 19.0 Å². The fourth-order valence-corrected chi connectivity index (χ4v) is 4.10. The van der Waals surface area contributed by atoms with Crippen molar-refractivity contribution in [2.24, 2.45) is 0 Å². The van der Waals surface area contributed by atoms with E-state index in [0.29, 0.717) is 33.5 Å². The average molecular weight is 498 g/mol. The van der Waals surface area contributed by atoms with Gasteiger partial charge in [-0.25, -0.2) is 9.37 Å². The maximum absolute atomic E-state index is 13.1. The number of carbonyl (C=O) groups is 3. The van der Waals surface area contributed by atoms with Crippen LogP contribution in [0.25, 0.3) is 0 Å². The Balaban J connectivity index is 1.48. The monoisotopic (exact) mass is 497 g/mol. The number of anilines is 1. The van der Waals surface area contributed by atoms with Crippen LogP contribution in [-0.2, 0) is 11.3 Å². The van der Waals surface area contributed by atoms with Crippen LogP contribution in [-0.4, -0.2) is 41.8 Å². The molecule has 0 spiro atoms. The second-order valence-corrected chi connectivity index (χ2v) is 8.97. The van der Waals surface area contributed by atoms with Gasteiger partial charge in [-0.3, -0.25) is 19.3 Å². The molecule has 1 unspecified atom stereocenters. The minimum absolute atomic E-state index is 0.0309. The second kappa shape index (κ2) is 10.6. The molecule has 0 aliphatic carbocycles. The lowest BCUT2D eigenvalue weighted by Crippen LogP contribution is -2.38. The molecular weight excluding hydrogens is 473 g/mol. The van der Waals surface area contributed by atoms with Gasteiger partial charge in [0, 0.05) is 17.0 Å². The summed E-state index contributed by atoms with van der Waals surface area (Å²) in [5, 5.41) is 5.11. The molecule has 1 aliphatic heterocycles. The molecule has 3 aromatic rings. The number of benzene rings is 2. The van der Waals surface area contributed by atoms with Gasteiger partial charge in [-0.2, -0.15) is 0 Å². The van der Waals surface area contributed by atoms with E-state index >= 15 is 0 Å². The van der Waals surface area contributed by atoms with Crippen LogP contribution in [0, 0.1) is 5.82 Å². The normalized spacial score (nSPS) is 13.6. The van der Waals surface area contributed by atoms with Crippen molar-refractivity contribution in [3.63, 3.8) is 0 Å². The highest BCUT2D eigenvalue weighted by Gasteiger charge is 2.28. The number of ether oxygens (including phenoxy) is 2. The first-order valence-corrected chi connectivity index (χ1v) is 12.0. The van der Waals surface area contributed by atoms with Gasteiger partial charge >= 0.3 is 0 Å². The lowest BCUT2D eigenvalue weighted by molar-refractivity contribution is -0.121. The Morgan fingerprint density at radius 3 is 2.77 bits per heavy atom. The minimum atomic E-state index is -0.397. The Kier molecular flexibility index (Phi) is 7.40.